The number of hydrogen-bond acceptors (Lipinski definition) is 3. The second-order valence-electron chi connectivity index (χ2n) is 5.39. The summed E-state index contributed by atoms with van der Waals surface area (Å²) in [5.74, 6) is -1.05. The fraction of sp³-hybridized carbons (Fsp3) is 0.235. The molecule has 0 saturated carbocycles. The molecule has 2 rings (SSSR count). The molecule has 0 spiro atoms. The largest absolute Gasteiger partial charge is 0.319 e. The molecule has 0 heterocycles. The number of carbonyl (C=O) groups excluding carboxylic acids is 1. The van der Waals surface area contributed by atoms with Crippen LogP contribution in [-0.2, 0) is 10.0 Å². The summed E-state index contributed by atoms with van der Waals surface area (Å²) in [4.78, 5) is 12.2. The molecule has 0 saturated heterocycles. The summed E-state index contributed by atoms with van der Waals surface area (Å²) in [6.45, 7) is 3.65. The summed E-state index contributed by atoms with van der Waals surface area (Å²) in [6, 6.07) is 11.1. The number of halogens is 1. The molecule has 1 atom stereocenters. The topological polar surface area (TPSA) is 75.3 Å². The minimum Gasteiger partial charge on any atom is -0.319 e. The van der Waals surface area contributed by atoms with Crippen molar-refractivity contribution in [2.75, 3.05) is 5.32 Å². The number of rotatable bonds is 6. The highest BCUT2D eigenvalue weighted by Crippen LogP contribution is 2.16. The molecule has 0 aliphatic rings. The van der Waals surface area contributed by atoms with Gasteiger partial charge in [0, 0.05) is 11.6 Å². The first-order valence-electron chi connectivity index (χ1n) is 7.51. The lowest BCUT2D eigenvalue weighted by atomic mass is 10.2. The zero-order valence-electron chi connectivity index (χ0n) is 13.4. The zero-order valence-corrected chi connectivity index (χ0v) is 14.2. The highest BCUT2D eigenvalue weighted by molar-refractivity contribution is 7.89. The molecule has 24 heavy (non-hydrogen) atoms. The predicted octanol–water partition coefficient (Wildman–Crippen LogP) is 3.15. The average molecular weight is 350 g/mol. The van der Waals surface area contributed by atoms with E-state index in [1.807, 2.05) is 6.92 Å². The maximum atomic E-state index is 13.5. The van der Waals surface area contributed by atoms with Gasteiger partial charge >= 0.3 is 0 Å². The molecule has 0 fully saturated rings. The van der Waals surface area contributed by atoms with E-state index in [2.05, 4.69) is 10.0 Å². The third kappa shape index (κ3) is 4.39. The second-order valence-corrected chi connectivity index (χ2v) is 7.10. The van der Waals surface area contributed by atoms with Gasteiger partial charge in [0.25, 0.3) is 5.91 Å². The third-order valence-corrected chi connectivity index (χ3v) is 5.12. The van der Waals surface area contributed by atoms with Gasteiger partial charge in [-0.15, -0.1) is 0 Å². The Morgan fingerprint density at radius 1 is 1.12 bits per heavy atom. The Morgan fingerprint density at radius 3 is 2.33 bits per heavy atom. The lowest BCUT2D eigenvalue weighted by Crippen LogP contribution is -2.32. The van der Waals surface area contributed by atoms with Crippen molar-refractivity contribution in [3.8, 4) is 0 Å². The number of hydrogen-bond donors (Lipinski definition) is 2. The van der Waals surface area contributed by atoms with Crippen LogP contribution in [0.15, 0.2) is 53.4 Å². The Kier molecular flexibility index (Phi) is 5.69. The van der Waals surface area contributed by atoms with E-state index < -0.39 is 21.7 Å². The average Bonchev–Trinajstić information content (AvgIpc) is 2.56. The van der Waals surface area contributed by atoms with E-state index in [-0.39, 0.29) is 22.2 Å². The molecular weight excluding hydrogens is 331 g/mol. The minimum atomic E-state index is -3.62. The van der Waals surface area contributed by atoms with Crippen molar-refractivity contribution < 1.29 is 17.6 Å². The van der Waals surface area contributed by atoms with Crippen molar-refractivity contribution in [2.45, 2.75) is 31.2 Å². The molecule has 1 unspecified atom stereocenters. The van der Waals surface area contributed by atoms with Gasteiger partial charge in [0.1, 0.15) is 5.82 Å². The second kappa shape index (κ2) is 7.55. The van der Waals surface area contributed by atoms with Crippen LogP contribution in [0.4, 0.5) is 10.1 Å². The Balaban J connectivity index is 2.14. The Morgan fingerprint density at radius 2 is 1.75 bits per heavy atom. The quantitative estimate of drug-likeness (QED) is 0.840. The summed E-state index contributed by atoms with van der Waals surface area (Å²) >= 11 is 0. The van der Waals surface area contributed by atoms with Crippen molar-refractivity contribution in [3.63, 3.8) is 0 Å². The van der Waals surface area contributed by atoms with Crippen molar-refractivity contribution in [1.29, 1.82) is 0 Å². The Hall–Kier alpha value is -2.25. The third-order valence-electron chi connectivity index (χ3n) is 3.52. The molecule has 128 valence electrons. The maximum Gasteiger partial charge on any atom is 0.255 e. The molecule has 5 nitrogen and oxygen atoms in total. The van der Waals surface area contributed by atoms with Gasteiger partial charge in [0.2, 0.25) is 10.0 Å². The normalized spacial score (nSPS) is 12.6. The van der Waals surface area contributed by atoms with Crippen LogP contribution >= 0.6 is 0 Å². The lowest BCUT2D eigenvalue weighted by Gasteiger charge is -2.12. The standard InChI is InChI=1S/C17H19FN2O3S/c1-3-12(2)20-24(22,23)14-10-8-13(9-11-14)17(21)19-16-7-5-4-6-15(16)18/h4-12,20H,3H2,1-2H3,(H,19,21). The number of carbonyl (C=O) groups is 1. The molecule has 7 heteroatoms. The van der Waals surface area contributed by atoms with Crippen LogP contribution in [0.3, 0.4) is 0 Å². The van der Waals surface area contributed by atoms with Crippen molar-refractivity contribution in [3.05, 3.63) is 59.9 Å². The number of sulfonamides is 1. The van der Waals surface area contributed by atoms with Crippen LogP contribution < -0.4 is 10.0 Å². The van der Waals surface area contributed by atoms with E-state index >= 15 is 0 Å². The number of benzene rings is 2. The van der Waals surface area contributed by atoms with Gasteiger partial charge in [0.05, 0.1) is 10.6 Å². The van der Waals surface area contributed by atoms with Crippen LogP contribution in [0.1, 0.15) is 30.6 Å². The van der Waals surface area contributed by atoms with Gasteiger partial charge in [-0.25, -0.2) is 17.5 Å². The van der Waals surface area contributed by atoms with Crippen LogP contribution in [0, 0.1) is 5.82 Å². The Labute approximate surface area is 141 Å². The molecule has 2 aromatic rings. The van der Waals surface area contributed by atoms with Gasteiger partial charge in [-0.2, -0.15) is 0 Å². The number of para-hydroxylation sites is 1. The van der Waals surface area contributed by atoms with Gasteiger partial charge < -0.3 is 5.32 Å². The van der Waals surface area contributed by atoms with Gasteiger partial charge in [-0.1, -0.05) is 19.1 Å². The summed E-state index contributed by atoms with van der Waals surface area (Å²) < 4.78 is 40.4. The van der Waals surface area contributed by atoms with E-state index in [9.17, 15) is 17.6 Å². The van der Waals surface area contributed by atoms with Crippen LogP contribution in [0.5, 0.6) is 0 Å². The van der Waals surface area contributed by atoms with E-state index in [0.717, 1.165) is 0 Å². The molecule has 0 aliphatic carbocycles. The molecule has 0 aromatic heterocycles. The van der Waals surface area contributed by atoms with E-state index in [0.29, 0.717) is 6.42 Å². The molecule has 2 N–H and O–H groups in total. The SMILES string of the molecule is CCC(C)NS(=O)(=O)c1ccc(C(=O)Nc2ccccc2F)cc1. The van der Waals surface area contributed by atoms with Crippen LogP contribution in [-0.4, -0.2) is 20.4 Å². The first kappa shape index (κ1) is 18.1. The fourth-order valence-corrected chi connectivity index (χ4v) is 3.29. The zero-order chi connectivity index (χ0) is 17.7. The van der Waals surface area contributed by atoms with Gasteiger partial charge in [-0.05, 0) is 49.7 Å². The lowest BCUT2D eigenvalue weighted by molar-refractivity contribution is 0.102. The molecular formula is C17H19FN2O3S. The van der Waals surface area contributed by atoms with Crippen LogP contribution in [0.25, 0.3) is 0 Å². The van der Waals surface area contributed by atoms with E-state index in [1.165, 1.54) is 42.5 Å². The van der Waals surface area contributed by atoms with Gasteiger partial charge in [-0.3, -0.25) is 4.79 Å². The number of amides is 1. The van der Waals surface area contributed by atoms with Crippen LogP contribution in [0.2, 0.25) is 0 Å². The molecule has 0 aliphatic heterocycles. The summed E-state index contributed by atoms with van der Waals surface area (Å²) in [7, 11) is -3.62. The maximum absolute atomic E-state index is 13.5. The number of anilines is 1. The van der Waals surface area contributed by atoms with Crippen molar-refractivity contribution >= 4 is 21.6 Å². The first-order valence-corrected chi connectivity index (χ1v) is 9.00. The summed E-state index contributed by atoms with van der Waals surface area (Å²) in [6.07, 6.45) is 0.669. The summed E-state index contributed by atoms with van der Waals surface area (Å²) in [5, 5.41) is 2.45. The van der Waals surface area contributed by atoms with E-state index in [1.54, 1.807) is 13.0 Å². The first-order chi connectivity index (χ1) is 11.3. The van der Waals surface area contributed by atoms with Crippen molar-refractivity contribution in [2.24, 2.45) is 0 Å². The molecule has 0 radical (unpaired) electrons. The minimum absolute atomic E-state index is 0.0673. The monoisotopic (exact) mass is 350 g/mol. The van der Waals surface area contributed by atoms with Crippen molar-refractivity contribution in [1.82, 2.24) is 4.72 Å². The number of nitrogens with one attached hydrogen (secondary N) is 2. The predicted molar refractivity (Wildman–Crippen MR) is 90.9 cm³/mol. The van der Waals surface area contributed by atoms with Gasteiger partial charge in [0.15, 0.2) is 0 Å². The molecule has 1 amide bonds. The fourth-order valence-electron chi connectivity index (χ4n) is 1.96. The molecule has 2 aromatic carbocycles. The van der Waals surface area contributed by atoms with E-state index in [4.69, 9.17) is 0 Å². The molecule has 0 bridgehead atoms. The summed E-state index contributed by atoms with van der Waals surface area (Å²) in [5.41, 5.74) is 0.304. The Bertz CT molecular complexity index is 820. The highest BCUT2D eigenvalue weighted by Gasteiger charge is 2.17. The highest BCUT2D eigenvalue weighted by atomic mass is 32.2. The smallest absolute Gasteiger partial charge is 0.255 e.